The number of benzene rings is 4. The third-order valence-corrected chi connectivity index (χ3v) is 9.77. The van der Waals surface area contributed by atoms with Crippen LogP contribution in [0.5, 0.6) is 28.9 Å². The number of hydrogen-bond donors (Lipinski definition) is 0. The van der Waals surface area contributed by atoms with Crippen molar-refractivity contribution in [1.29, 1.82) is 0 Å². The van der Waals surface area contributed by atoms with Crippen LogP contribution in [0.4, 0.5) is 0 Å². The number of halogens is 2. The minimum absolute atomic E-state index is 0. The van der Waals surface area contributed by atoms with Crippen LogP contribution in [0.25, 0.3) is 6.08 Å². The zero-order valence-corrected chi connectivity index (χ0v) is 33.4. The van der Waals surface area contributed by atoms with E-state index in [9.17, 15) is 4.79 Å². The SMILES string of the molecule is COc1ccccc1COc1ccc(Oc2c(C)cc(C=CC(=O)N3CCN(Cc4ccc(CCOc5ccc(C(C)C)cc5)cc4)CC3)cc2Cl)nc1.Cl. The first kappa shape index (κ1) is 41.1. The molecule has 0 aliphatic carbocycles. The number of amides is 1. The zero-order chi connectivity index (χ0) is 37.9. The fourth-order valence-electron chi connectivity index (χ4n) is 6.29. The van der Waals surface area contributed by atoms with Crippen LogP contribution in [0, 0.1) is 6.92 Å². The molecule has 288 valence electrons. The van der Waals surface area contributed by atoms with Gasteiger partial charge >= 0.3 is 0 Å². The van der Waals surface area contributed by atoms with Crippen LogP contribution in [0.1, 0.15) is 53.1 Å². The molecule has 0 radical (unpaired) electrons. The Bertz CT molecular complexity index is 1990. The Morgan fingerprint density at radius 2 is 1.58 bits per heavy atom. The van der Waals surface area contributed by atoms with E-state index in [1.54, 1.807) is 43.7 Å². The van der Waals surface area contributed by atoms with E-state index >= 15 is 0 Å². The average Bonchev–Trinajstić information content (AvgIpc) is 3.19. The summed E-state index contributed by atoms with van der Waals surface area (Å²) in [7, 11) is 1.64. The summed E-state index contributed by atoms with van der Waals surface area (Å²) in [6.45, 7) is 11.2. The maximum absolute atomic E-state index is 13.1. The number of methoxy groups -OCH3 is 1. The van der Waals surface area contributed by atoms with E-state index in [2.05, 4.69) is 72.3 Å². The van der Waals surface area contributed by atoms with Gasteiger partial charge in [0.15, 0.2) is 5.75 Å². The van der Waals surface area contributed by atoms with Crippen LogP contribution in [0.3, 0.4) is 0 Å². The number of hydrogen-bond acceptors (Lipinski definition) is 7. The van der Waals surface area contributed by atoms with Gasteiger partial charge in [-0.2, -0.15) is 0 Å². The molecule has 0 bridgehead atoms. The first-order valence-electron chi connectivity index (χ1n) is 18.4. The van der Waals surface area contributed by atoms with Gasteiger partial charge < -0.3 is 23.8 Å². The number of carbonyl (C=O) groups excluding carboxylic acids is 1. The predicted octanol–water partition coefficient (Wildman–Crippen LogP) is 9.95. The molecule has 1 aliphatic heterocycles. The molecule has 55 heavy (non-hydrogen) atoms. The molecular weight excluding hydrogens is 733 g/mol. The van der Waals surface area contributed by atoms with E-state index < -0.39 is 0 Å². The lowest BCUT2D eigenvalue weighted by Crippen LogP contribution is -2.47. The van der Waals surface area contributed by atoms with Gasteiger partial charge in [0, 0.05) is 56.9 Å². The Balaban J connectivity index is 0.00000580. The number of aromatic nitrogens is 1. The largest absolute Gasteiger partial charge is 0.496 e. The number of piperazine rings is 1. The van der Waals surface area contributed by atoms with E-state index in [1.807, 2.05) is 42.2 Å². The van der Waals surface area contributed by atoms with Crippen LogP contribution in [0.2, 0.25) is 5.02 Å². The first-order valence-corrected chi connectivity index (χ1v) is 18.8. The lowest BCUT2D eigenvalue weighted by molar-refractivity contribution is -0.127. The normalized spacial score (nSPS) is 13.1. The van der Waals surface area contributed by atoms with Crippen LogP contribution in [-0.2, 0) is 24.4 Å². The predicted molar refractivity (Wildman–Crippen MR) is 222 cm³/mol. The molecule has 8 nitrogen and oxygen atoms in total. The van der Waals surface area contributed by atoms with Gasteiger partial charge in [0.1, 0.15) is 23.9 Å². The molecular formula is C45H49Cl2N3O5. The number of para-hydroxylation sites is 1. The molecule has 10 heteroatoms. The van der Waals surface area contributed by atoms with E-state index in [0.29, 0.717) is 54.6 Å². The number of nitrogens with zero attached hydrogens (tertiary/aromatic N) is 3. The van der Waals surface area contributed by atoms with Crippen molar-refractivity contribution in [2.24, 2.45) is 0 Å². The molecule has 0 atom stereocenters. The summed E-state index contributed by atoms with van der Waals surface area (Å²) in [5, 5.41) is 0.433. The van der Waals surface area contributed by atoms with Crippen molar-refractivity contribution in [2.75, 3.05) is 39.9 Å². The van der Waals surface area contributed by atoms with E-state index in [4.69, 9.17) is 30.5 Å². The van der Waals surface area contributed by atoms with Gasteiger partial charge in [-0.1, -0.05) is 80.0 Å². The van der Waals surface area contributed by atoms with Crippen molar-refractivity contribution in [3.63, 3.8) is 0 Å². The summed E-state index contributed by atoms with van der Waals surface area (Å²) < 4.78 is 23.3. The maximum Gasteiger partial charge on any atom is 0.246 e. The smallest absolute Gasteiger partial charge is 0.246 e. The second-order valence-corrected chi connectivity index (χ2v) is 14.2. The van der Waals surface area contributed by atoms with Gasteiger partial charge in [0.25, 0.3) is 0 Å². The molecule has 1 aromatic heterocycles. The molecule has 1 saturated heterocycles. The molecule has 0 N–H and O–H groups in total. The van der Waals surface area contributed by atoms with Crippen molar-refractivity contribution in [3.05, 3.63) is 148 Å². The van der Waals surface area contributed by atoms with Crippen molar-refractivity contribution in [2.45, 2.75) is 46.3 Å². The van der Waals surface area contributed by atoms with Crippen molar-refractivity contribution < 1.29 is 23.7 Å². The summed E-state index contributed by atoms with van der Waals surface area (Å²) in [6, 6.07) is 32.1. The molecule has 6 rings (SSSR count). The van der Waals surface area contributed by atoms with Crippen LogP contribution >= 0.6 is 24.0 Å². The summed E-state index contributed by atoms with van der Waals surface area (Å²) in [4.78, 5) is 21.8. The maximum atomic E-state index is 13.1. The van der Waals surface area contributed by atoms with E-state index in [-0.39, 0.29) is 18.3 Å². The van der Waals surface area contributed by atoms with Gasteiger partial charge in [-0.3, -0.25) is 9.69 Å². The lowest BCUT2D eigenvalue weighted by Gasteiger charge is -2.34. The number of rotatable bonds is 15. The first-order chi connectivity index (χ1) is 26.2. The summed E-state index contributed by atoms with van der Waals surface area (Å²) in [5.74, 6) is 3.70. The number of ether oxygens (including phenoxy) is 4. The molecule has 0 unspecified atom stereocenters. The Labute approximate surface area is 336 Å². The molecule has 1 amide bonds. The number of pyridine rings is 1. The summed E-state index contributed by atoms with van der Waals surface area (Å²) in [5.41, 5.74) is 6.44. The zero-order valence-electron chi connectivity index (χ0n) is 31.9. The topological polar surface area (TPSA) is 73.4 Å². The molecule has 4 aromatic carbocycles. The fourth-order valence-corrected chi connectivity index (χ4v) is 6.60. The highest BCUT2D eigenvalue weighted by Gasteiger charge is 2.20. The molecule has 0 spiro atoms. The Hall–Kier alpha value is -5.02. The third kappa shape index (κ3) is 11.7. The van der Waals surface area contributed by atoms with Gasteiger partial charge in [0.05, 0.1) is 24.9 Å². The highest BCUT2D eigenvalue weighted by molar-refractivity contribution is 6.32. The number of carbonyl (C=O) groups is 1. The minimum Gasteiger partial charge on any atom is -0.496 e. The van der Waals surface area contributed by atoms with Gasteiger partial charge in [-0.05, 0) is 83.1 Å². The quantitative estimate of drug-likeness (QED) is 0.0980. The summed E-state index contributed by atoms with van der Waals surface area (Å²) in [6.07, 6.45) is 5.90. The van der Waals surface area contributed by atoms with Crippen molar-refractivity contribution in [1.82, 2.24) is 14.8 Å². The fraction of sp³-hybridized carbons (Fsp3) is 0.289. The monoisotopic (exact) mass is 781 g/mol. The van der Waals surface area contributed by atoms with Gasteiger partial charge in [-0.15, -0.1) is 12.4 Å². The Morgan fingerprint density at radius 3 is 2.25 bits per heavy atom. The van der Waals surface area contributed by atoms with Crippen LogP contribution in [-0.4, -0.2) is 60.6 Å². The second kappa shape index (κ2) is 20.1. The molecule has 1 fully saturated rings. The van der Waals surface area contributed by atoms with Crippen LogP contribution in [0.15, 0.2) is 109 Å². The third-order valence-electron chi connectivity index (χ3n) is 9.49. The summed E-state index contributed by atoms with van der Waals surface area (Å²) >= 11 is 6.65. The highest BCUT2D eigenvalue weighted by Crippen LogP contribution is 2.34. The second-order valence-electron chi connectivity index (χ2n) is 13.8. The molecule has 5 aromatic rings. The van der Waals surface area contributed by atoms with Gasteiger partial charge in [-0.25, -0.2) is 4.98 Å². The minimum atomic E-state index is -0.0107. The Kier molecular flexibility index (Phi) is 15.0. The van der Waals surface area contributed by atoms with Crippen LogP contribution < -0.4 is 18.9 Å². The van der Waals surface area contributed by atoms with Crippen molar-refractivity contribution in [3.8, 4) is 28.9 Å². The lowest BCUT2D eigenvalue weighted by atomic mass is 10.0. The average molecular weight is 783 g/mol. The molecule has 0 saturated carbocycles. The molecule has 1 aliphatic rings. The van der Waals surface area contributed by atoms with Gasteiger partial charge in [0.2, 0.25) is 11.8 Å². The highest BCUT2D eigenvalue weighted by atomic mass is 35.5. The van der Waals surface area contributed by atoms with E-state index in [0.717, 1.165) is 54.2 Å². The van der Waals surface area contributed by atoms with E-state index in [1.165, 1.54) is 16.7 Å². The Morgan fingerprint density at radius 1 is 0.873 bits per heavy atom. The number of aryl methyl sites for hydroxylation is 1. The standard InChI is InChI=1S/C45H48ClN3O5.ClH/c1-32(2)37-14-16-39(17-15-37)52-26-21-34-9-11-35(12-10-34)30-48-22-24-49(25-23-48)44(50)20-13-36-27-33(3)45(41(46)28-36)54-43-19-18-40(29-47-43)53-31-38-7-5-6-8-42(38)51-4;/h5-20,27-29,32H,21-26,30-31H2,1-4H3;1H. The van der Waals surface area contributed by atoms with Crippen molar-refractivity contribution >= 4 is 36.0 Å². The molecule has 2 heterocycles.